The van der Waals surface area contributed by atoms with Crippen LogP contribution in [0.1, 0.15) is 24.6 Å². The van der Waals surface area contributed by atoms with Crippen molar-refractivity contribution in [2.24, 2.45) is 0 Å². The molecule has 0 bridgehead atoms. The highest BCUT2D eigenvalue weighted by Crippen LogP contribution is 1.99. The molecule has 0 radical (unpaired) electrons. The molecule has 14 heavy (non-hydrogen) atoms. The van der Waals surface area contributed by atoms with Crippen molar-refractivity contribution in [3.8, 4) is 0 Å². The van der Waals surface area contributed by atoms with E-state index in [2.05, 4.69) is 17.2 Å². The van der Waals surface area contributed by atoms with Gasteiger partial charge in [0.1, 0.15) is 0 Å². The maximum Gasteiger partial charge on any atom is 0.0584 e. The van der Waals surface area contributed by atoms with Gasteiger partial charge in [0.2, 0.25) is 0 Å². The van der Waals surface area contributed by atoms with Gasteiger partial charge in [-0.25, -0.2) is 0 Å². The number of aromatic nitrogens is 1. The molecule has 0 aromatic carbocycles. The van der Waals surface area contributed by atoms with E-state index in [1.54, 1.807) is 0 Å². The smallest absolute Gasteiger partial charge is 0.0584 e. The van der Waals surface area contributed by atoms with Crippen LogP contribution in [0.2, 0.25) is 0 Å². The first kappa shape index (κ1) is 11.1. The number of nitrogens with zero attached hydrogens (tertiary/aromatic N) is 1. The minimum atomic E-state index is 0.179. The highest BCUT2D eigenvalue weighted by molar-refractivity contribution is 5.11. The van der Waals surface area contributed by atoms with Crippen LogP contribution in [0.15, 0.2) is 18.3 Å². The molecule has 0 saturated heterocycles. The third-order valence-corrected chi connectivity index (χ3v) is 2.26. The van der Waals surface area contributed by atoms with Crippen LogP contribution in [-0.4, -0.2) is 22.7 Å². The number of pyridine rings is 1. The average Bonchev–Trinajstić information content (AvgIpc) is 2.22. The van der Waals surface area contributed by atoms with Crippen LogP contribution in [0.25, 0.3) is 0 Å². The lowest BCUT2D eigenvalue weighted by Crippen LogP contribution is -2.31. The molecule has 0 saturated carbocycles. The summed E-state index contributed by atoms with van der Waals surface area (Å²) in [6, 6.07) is 4.23. The highest BCUT2D eigenvalue weighted by Gasteiger charge is 2.03. The van der Waals surface area contributed by atoms with Crippen LogP contribution in [0.3, 0.4) is 0 Å². The van der Waals surface area contributed by atoms with Gasteiger partial charge in [0.05, 0.1) is 12.3 Å². The molecule has 1 atom stereocenters. The first-order chi connectivity index (χ1) is 6.76. The Morgan fingerprint density at radius 1 is 1.50 bits per heavy atom. The summed E-state index contributed by atoms with van der Waals surface area (Å²) in [4.78, 5) is 4.27. The van der Waals surface area contributed by atoms with Crippen LogP contribution >= 0.6 is 0 Å². The summed E-state index contributed by atoms with van der Waals surface area (Å²) in [7, 11) is 0. The van der Waals surface area contributed by atoms with Gasteiger partial charge in [0, 0.05) is 18.8 Å². The van der Waals surface area contributed by atoms with Crippen LogP contribution in [-0.2, 0) is 6.54 Å². The monoisotopic (exact) mass is 194 g/mol. The Morgan fingerprint density at radius 2 is 2.29 bits per heavy atom. The van der Waals surface area contributed by atoms with E-state index in [1.165, 1.54) is 5.56 Å². The van der Waals surface area contributed by atoms with E-state index in [1.807, 2.05) is 25.3 Å². The zero-order valence-corrected chi connectivity index (χ0v) is 8.83. The topological polar surface area (TPSA) is 45.1 Å². The molecule has 1 unspecified atom stereocenters. The molecule has 0 fully saturated rings. The standard InChI is InChI=1S/C11H18N2O/c1-3-10(8-14)13-7-11-5-4-9(2)6-12-11/h4-6,10,13-14H,3,7-8H2,1-2H3. The number of hydrogen-bond donors (Lipinski definition) is 2. The fraction of sp³-hybridized carbons (Fsp3) is 0.545. The first-order valence-electron chi connectivity index (χ1n) is 5.02. The molecule has 0 amide bonds. The van der Waals surface area contributed by atoms with Crippen LogP contribution in [0, 0.1) is 6.92 Å². The van der Waals surface area contributed by atoms with E-state index in [0.717, 1.165) is 18.7 Å². The number of rotatable bonds is 5. The van der Waals surface area contributed by atoms with Gasteiger partial charge >= 0.3 is 0 Å². The van der Waals surface area contributed by atoms with Crippen LogP contribution in [0.5, 0.6) is 0 Å². The number of aliphatic hydroxyl groups excluding tert-OH is 1. The molecular formula is C11H18N2O. The van der Waals surface area contributed by atoms with Crippen LogP contribution < -0.4 is 5.32 Å². The fourth-order valence-electron chi connectivity index (χ4n) is 1.19. The average molecular weight is 194 g/mol. The van der Waals surface area contributed by atoms with Crippen molar-refractivity contribution in [2.75, 3.05) is 6.61 Å². The Morgan fingerprint density at radius 3 is 2.79 bits per heavy atom. The third kappa shape index (κ3) is 3.44. The third-order valence-electron chi connectivity index (χ3n) is 2.26. The quantitative estimate of drug-likeness (QED) is 0.741. The maximum absolute atomic E-state index is 8.97. The fourth-order valence-corrected chi connectivity index (χ4v) is 1.19. The van der Waals surface area contributed by atoms with Crippen molar-refractivity contribution in [1.29, 1.82) is 0 Å². The second-order valence-electron chi connectivity index (χ2n) is 3.50. The molecule has 0 aliphatic carbocycles. The Balaban J connectivity index is 2.41. The van der Waals surface area contributed by atoms with E-state index in [-0.39, 0.29) is 12.6 Å². The minimum absolute atomic E-state index is 0.179. The van der Waals surface area contributed by atoms with Gasteiger partial charge in [-0.2, -0.15) is 0 Å². The molecule has 1 aromatic heterocycles. The summed E-state index contributed by atoms with van der Waals surface area (Å²) in [6.07, 6.45) is 2.79. The van der Waals surface area contributed by atoms with Gasteiger partial charge in [0.25, 0.3) is 0 Å². The summed E-state index contributed by atoms with van der Waals surface area (Å²) in [5.74, 6) is 0. The van der Waals surface area contributed by atoms with E-state index in [4.69, 9.17) is 5.11 Å². The molecular weight excluding hydrogens is 176 g/mol. The summed E-state index contributed by atoms with van der Waals surface area (Å²) < 4.78 is 0. The van der Waals surface area contributed by atoms with Gasteiger partial charge in [-0.1, -0.05) is 13.0 Å². The molecule has 2 N–H and O–H groups in total. The van der Waals surface area contributed by atoms with Gasteiger partial charge in [-0.05, 0) is 25.0 Å². The van der Waals surface area contributed by atoms with Gasteiger partial charge in [-0.3, -0.25) is 4.98 Å². The predicted molar refractivity (Wildman–Crippen MR) is 57.0 cm³/mol. The van der Waals surface area contributed by atoms with E-state index < -0.39 is 0 Å². The van der Waals surface area contributed by atoms with E-state index in [0.29, 0.717) is 0 Å². The minimum Gasteiger partial charge on any atom is -0.395 e. The molecule has 3 nitrogen and oxygen atoms in total. The molecule has 1 heterocycles. The lowest BCUT2D eigenvalue weighted by molar-refractivity contribution is 0.238. The maximum atomic E-state index is 8.97. The molecule has 0 spiro atoms. The zero-order chi connectivity index (χ0) is 10.4. The summed E-state index contributed by atoms with van der Waals surface area (Å²) in [5.41, 5.74) is 2.19. The summed E-state index contributed by atoms with van der Waals surface area (Å²) in [5, 5.41) is 12.2. The number of hydrogen-bond acceptors (Lipinski definition) is 3. The second kappa shape index (κ2) is 5.73. The zero-order valence-electron chi connectivity index (χ0n) is 8.83. The lowest BCUT2D eigenvalue weighted by atomic mass is 10.2. The van der Waals surface area contributed by atoms with Gasteiger partial charge in [0.15, 0.2) is 0 Å². The Bertz CT molecular complexity index is 254. The summed E-state index contributed by atoms with van der Waals surface area (Å²) in [6.45, 7) is 4.98. The second-order valence-corrected chi connectivity index (χ2v) is 3.50. The van der Waals surface area contributed by atoms with Crippen LogP contribution in [0.4, 0.5) is 0 Å². The van der Waals surface area contributed by atoms with E-state index >= 15 is 0 Å². The molecule has 1 aromatic rings. The van der Waals surface area contributed by atoms with Gasteiger partial charge < -0.3 is 10.4 Å². The van der Waals surface area contributed by atoms with E-state index in [9.17, 15) is 0 Å². The lowest BCUT2D eigenvalue weighted by Gasteiger charge is -2.13. The van der Waals surface area contributed by atoms with Crippen molar-refractivity contribution in [3.05, 3.63) is 29.6 Å². The molecule has 0 aliphatic heterocycles. The molecule has 3 heteroatoms. The SMILES string of the molecule is CCC(CO)NCc1ccc(C)cn1. The molecule has 78 valence electrons. The van der Waals surface area contributed by atoms with Crippen molar-refractivity contribution >= 4 is 0 Å². The van der Waals surface area contributed by atoms with Crippen molar-refractivity contribution in [3.63, 3.8) is 0 Å². The Labute approximate surface area is 85.2 Å². The Kier molecular flexibility index (Phi) is 4.56. The highest BCUT2D eigenvalue weighted by atomic mass is 16.3. The predicted octanol–water partition coefficient (Wildman–Crippen LogP) is 1.25. The summed E-state index contributed by atoms with van der Waals surface area (Å²) >= 11 is 0. The van der Waals surface area contributed by atoms with Crippen molar-refractivity contribution in [1.82, 2.24) is 10.3 Å². The van der Waals surface area contributed by atoms with Crippen molar-refractivity contribution < 1.29 is 5.11 Å². The number of aliphatic hydroxyl groups is 1. The van der Waals surface area contributed by atoms with Gasteiger partial charge in [-0.15, -0.1) is 0 Å². The largest absolute Gasteiger partial charge is 0.395 e. The first-order valence-corrected chi connectivity index (χ1v) is 5.02. The number of aryl methyl sites for hydroxylation is 1. The normalized spacial score (nSPS) is 12.8. The Hall–Kier alpha value is -0.930. The number of nitrogens with one attached hydrogen (secondary N) is 1. The van der Waals surface area contributed by atoms with Crippen molar-refractivity contribution in [2.45, 2.75) is 32.9 Å². The molecule has 0 aliphatic rings. The molecule has 1 rings (SSSR count).